The summed E-state index contributed by atoms with van der Waals surface area (Å²) in [6.07, 6.45) is 3.24. The Labute approximate surface area is 169 Å². The standard InChI is InChI=1S/C22H22ClN3O2/c1-28-17-9-7-8-16(14-17)19-15-21(22(27)25-12-5-2-6-13-25)26(24-19)20-11-4-3-10-18(20)23/h3-4,7-11,14-15H,2,5-6,12-13H2,1H3. The molecular weight excluding hydrogens is 374 g/mol. The number of hydrogen-bond acceptors (Lipinski definition) is 3. The van der Waals surface area contributed by atoms with Crippen molar-refractivity contribution in [1.82, 2.24) is 14.7 Å². The zero-order chi connectivity index (χ0) is 19.5. The molecule has 0 atom stereocenters. The summed E-state index contributed by atoms with van der Waals surface area (Å²) in [6.45, 7) is 1.56. The van der Waals surface area contributed by atoms with Gasteiger partial charge in [-0.2, -0.15) is 5.10 Å². The third kappa shape index (κ3) is 3.62. The van der Waals surface area contributed by atoms with Crippen LogP contribution < -0.4 is 4.74 Å². The summed E-state index contributed by atoms with van der Waals surface area (Å²) >= 11 is 6.42. The van der Waals surface area contributed by atoms with E-state index in [1.165, 1.54) is 6.42 Å². The Morgan fingerprint density at radius 2 is 1.82 bits per heavy atom. The maximum Gasteiger partial charge on any atom is 0.272 e. The molecule has 5 nitrogen and oxygen atoms in total. The third-order valence-electron chi connectivity index (χ3n) is 5.02. The summed E-state index contributed by atoms with van der Waals surface area (Å²) < 4.78 is 6.99. The number of hydrogen-bond donors (Lipinski definition) is 0. The van der Waals surface area contributed by atoms with Crippen molar-refractivity contribution < 1.29 is 9.53 Å². The van der Waals surface area contributed by atoms with Crippen LogP contribution in [0, 0.1) is 0 Å². The Morgan fingerprint density at radius 3 is 2.57 bits per heavy atom. The largest absolute Gasteiger partial charge is 0.497 e. The quantitative estimate of drug-likeness (QED) is 0.635. The Bertz CT molecular complexity index is 993. The van der Waals surface area contributed by atoms with Crippen LogP contribution in [-0.4, -0.2) is 40.8 Å². The van der Waals surface area contributed by atoms with Crippen LogP contribution in [-0.2, 0) is 0 Å². The molecule has 1 aliphatic heterocycles. The molecule has 0 spiro atoms. The lowest BCUT2D eigenvalue weighted by molar-refractivity contribution is 0.0715. The number of carbonyl (C=O) groups is 1. The lowest BCUT2D eigenvalue weighted by atomic mass is 10.1. The molecule has 0 bridgehead atoms. The second-order valence-corrected chi connectivity index (χ2v) is 7.27. The van der Waals surface area contributed by atoms with Crippen LogP contribution in [0.25, 0.3) is 16.9 Å². The maximum absolute atomic E-state index is 13.3. The number of methoxy groups -OCH3 is 1. The van der Waals surface area contributed by atoms with Crippen molar-refractivity contribution >= 4 is 17.5 Å². The van der Waals surface area contributed by atoms with Gasteiger partial charge in [0.15, 0.2) is 0 Å². The molecule has 4 rings (SSSR count). The number of piperidine rings is 1. The van der Waals surface area contributed by atoms with Crippen molar-refractivity contribution in [1.29, 1.82) is 0 Å². The average molecular weight is 396 g/mol. The van der Waals surface area contributed by atoms with E-state index in [4.69, 9.17) is 21.4 Å². The molecule has 1 amide bonds. The number of likely N-dealkylation sites (tertiary alicyclic amines) is 1. The second kappa shape index (κ2) is 8.07. The first-order chi connectivity index (χ1) is 13.7. The summed E-state index contributed by atoms with van der Waals surface area (Å²) in [7, 11) is 1.63. The van der Waals surface area contributed by atoms with Gasteiger partial charge in [0.25, 0.3) is 5.91 Å². The first-order valence-electron chi connectivity index (χ1n) is 9.46. The SMILES string of the molecule is COc1cccc(-c2cc(C(=O)N3CCCCC3)n(-c3ccccc3Cl)n2)c1. The van der Waals surface area contributed by atoms with Gasteiger partial charge in [0.05, 0.1) is 23.5 Å². The highest BCUT2D eigenvalue weighted by molar-refractivity contribution is 6.32. The van der Waals surface area contributed by atoms with E-state index in [2.05, 4.69) is 0 Å². The van der Waals surface area contributed by atoms with E-state index < -0.39 is 0 Å². The summed E-state index contributed by atoms with van der Waals surface area (Å²) in [4.78, 5) is 15.2. The van der Waals surface area contributed by atoms with Gasteiger partial charge >= 0.3 is 0 Å². The minimum absolute atomic E-state index is 0.0127. The lowest BCUT2D eigenvalue weighted by Gasteiger charge is -2.26. The number of amides is 1. The normalized spacial score (nSPS) is 14.1. The summed E-state index contributed by atoms with van der Waals surface area (Å²) in [5.41, 5.74) is 2.81. The van der Waals surface area contributed by atoms with Gasteiger partial charge < -0.3 is 9.64 Å². The highest BCUT2D eigenvalue weighted by atomic mass is 35.5. The molecule has 2 heterocycles. The number of nitrogens with zero attached hydrogens (tertiary/aromatic N) is 3. The maximum atomic E-state index is 13.3. The van der Waals surface area contributed by atoms with Crippen LogP contribution in [0.15, 0.2) is 54.6 Å². The molecule has 2 aromatic carbocycles. The van der Waals surface area contributed by atoms with Crippen molar-refractivity contribution in [3.63, 3.8) is 0 Å². The highest BCUT2D eigenvalue weighted by Gasteiger charge is 2.24. The van der Waals surface area contributed by atoms with Crippen molar-refractivity contribution in [3.05, 3.63) is 65.3 Å². The zero-order valence-electron chi connectivity index (χ0n) is 15.8. The fourth-order valence-electron chi connectivity index (χ4n) is 3.52. The van der Waals surface area contributed by atoms with Crippen LogP contribution in [0.4, 0.5) is 0 Å². The van der Waals surface area contributed by atoms with Gasteiger partial charge in [0.2, 0.25) is 0 Å². The molecule has 0 unspecified atom stereocenters. The number of halogens is 1. The molecule has 0 aliphatic carbocycles. The van der Waals surface area contributed by atoms with Gasteiger partial charge in [-0.25, -0.2) is 4.68 Å². The van der Waals surface area contributed by atoms with Gasteiger partial charge in [-0.3, -0.25) is 4.79 Å². The van der Waals surface area contributed by atoms with Gasteiger partial charge in [-0.05, 0) is 49.6 Å². The molecule has 3 aromatic rings. The minimum Gasteiger partial charge on any atom is -0.497 e. The topological polar surface area (TPSA) is 47.4 Å². The molecule has 1 saturated heterocycles. The number of para-hydroxylation sites is 1. The molecular formula is C22H22ClN3O2. The number of ether oxygens (including phenoxy) is 1. The van der Waals surface area contributed by atoms with E-state index in [0.717, 1.165) is 37.2 Å². The Morgan fingerprint density at radius 1 is 1.04 bits per heavy atom. The molecule has 28 heavy (non-hydrogen) atoms. The molecule has 144 valence electrons. The molecule has 0 N–H and O–H groups in total. The van der Waals surface area contributed by atoms with Crippen molar-refractivity contribution in [2.24, 2.45) is 0 Å². The van der Waals surface area contributed by atoms with Gasteiger partial charge in [-0.15, -0.1) is 0 Å². The van der Waals surface area contributed by atoms with E-state index in [1.807, 2.05) is 53.4 Å². The fraction of sp³-hybridized carbons (Fsp3) is 0.273. The van der Waals surface area contributed by atoms with Crippen LogP contribution in [0.5, 0.6) is 5.75 Å². The first kappa shape index (κ1) is 18.6. The van der Waals surface area contributed by atoms with E-state index in [1.54, 1.807) is 17.9 Å². The number of carbonyl (C=O) groups excluding carboxylic acids is 1. The van der Waals surface area contributed by atoms with Gasteiger partial charge in [0.1, 0.15) is 11.4 Å². The van der Waals surface area contributed by atoms with Crippen molar-refractivity contribution in [3.8, 4) is 22.7 Å². The summed E-state index contributed by atoms with van der Waals surface area (Å²) in [6, 6.07) is 16.9. The van der Waals surface area contributed by atoms with E-state index in [9.17, 15) is 4.79 Å². The number of benzene rings is 2. The molecule has 1 fully saturated rings. The number of aromatic nitrogens is 2. The average Bonchev–Trinajstić information content (AvgIpc) is 3.19. The Balaban J connectivity index is 1.82. The van der Waals surface area contributed by atoms with Crippen LogP contribution in [0.1, 0.15) is 29.8 Å². The van der Waals surface area contributed by atoms with Crippen LogP contribution >= 0.6 is 11.6 Å². The smallest absolute Gasteiger partial charge is 0.272 e. The number of rotatable bonds is 4. The van der Waals surface area contributed by atoms with Crippen LogP contribution in [0.3, 0.4) is 0 Å². The monoisotopic (exact) mass is 395 g/mol. The van der Waals surface area contributed by atoms with Crippen LogP contribution in [0.2, 0.25) is 5.02 Å². The van der Waals surface area contributed by atoms with Crippen molar-refractivity contribution in [2.75, 3.05) is 20.2 Å². The zero-order valence-corrected chi connectivity index (χ0v) is 16.5. The highest BCUT2D eigenvalue weighted by Crippen LogP contribution is 2.28. The van der Waals surface area contributed by atoms with E-state index in [0.29, 0.717) is 22.1 Å². The minimum atomic E-state index is -0.0127. The summed E-state index contributed by atoms with van der Waals surface area (Å²) in [5, 5.41) is 5.28. The van der Waals surface area contributed by atoms with Gasteiger partial charge in [-0.1, -0.05) is 35.9 Å². The van der Waals surface area contributed by atoms with Gasteiger partial charge in [0, 0.05) is 18.7 Å². The first-order valence-corrected chi connectivity index (χ1v) is 9.84. The fourth-order valence-corrected chi connectivity index (χ4v) is 3.74. The molecule has 1 aliphatic rings. The predicted octanol–water partition coefficient (Wildman–Crippen LogP) is 4.83. The van der Waals surface area contributed by atoms with E-state index in [-0.39, 0.29) is 5.91 Å². The lowest BCUT2D eigenvalue weighted by Crippen LogP contribution is -2.36. The Kier molecular flexibility index (Phi) is 5.35. The summed E-state index contributed by atoms with van der Waals surface area (Å²) in [5.74, 6) is 0.731. The molecule has 6 heteroatoms. The third-order valence-corrected chi connectivity index (χ3v) is 5.34. The Hall–Kier alpha value is -2.79. The predicted molar refractivity (Wildman–Crippen MR) is 110 cm³/mol. The molecule has 0 radical (unpaired) electrons. The van der Waals surface area contributed by atoms with E-state index >= 15 is 0 Å². The van der Waals surface area contributed by atoms with Crippen molar-refractivity contribution in [2.45, 2.75) is 19.3 Å². The second-order valence-electron chi connectivity index (χ2n) is 6.86. The molecule has 0 saturated carbocycles. The molecule has 1 aromatic heterocycles.